The van der Waals surface area contributed by atoms with Crippen LogP contribution in [-0.4, -0.2) is 50.3 Å². The molecule has 26 heavy (non-hydrogen) atoms. The Hall–Kier alpha value is -2.90. The van der Waals surface area contributed by atoms with E-state index in [4.69, 9.17) is 18.9 Å². The van der Waals surface area contributed by atoms with Crippen molar-refractivity contribution >= 4 is 23.9 Å². The zero-order valence-electron chi connectivity index (χ0n) is 15.1. The Morgan fingerprint density at radius 2 is 0.962 bits per heavy atom. The molecule has 0 atom stereocenters. The minimum absolute atomic E-state index is 0.0375. The first-order valence-corrected chi connectivity index (χ1v) is 7.91. The number of ether oxygens (including phenoxy) is 4. The van der Waals surface area contributed by atoms with E-state index in [0.717, 1.165) is 12.2 Å². The number of rotatable bonds is 12. The Labute approximate surface area is 152 Å². The van der Waals surface area contributed by atoms with Gasteiger partial charge in [-0.25, -0.2) is 19.2 Å². The van der Waals surface area contributed by atoms with Crippen molar-refractivity contribution in [1.29, 1.82) is 0 Å². The van der Waals surface area contributed by atoms with Gasteiger partial charge in [-0.1, -0.05) is 13.2 Å². The van der Waals surface area contributed by atoms with Crippen molar-refractivity contribution in [3.8, 4) is 0 Å². The molecule has 0 aromatic carbocycles. The SMILES string of the molecule is C=C(C)C(=O)OCCCOC(=O)/C=C/C(=O)OCCCOC(=O)C(=C)C. The standard InChI is InChI=1S/C18H24O8/c1-13(2)17(21)25-11-5-9-23-15(19)7-8-16(20)24-10-6-12-26-18(22)14(3)4/h7-8H,1,3,5-6,9-12H2,2,4H3/b8-7+. The van der Waals surface area contributed by atoms with Crippen molar-refractivity contribution in [2.45, 2.75) is 26.7 Å². The van der Waals surface area contributed by atoms with Gasteiger partial charge in [-0.2, -0.15) is 0 Å². The molecular weight excluding hydrogens is 344 g/mol. The van der Waals surface area contributed by atoms with Gasteiger partial charge in [0.15, 0.2) is 0 Å². The molecule has 0 amide bonds. The maximum absolute atomic E-state index is 11.4. The van der Waals surface area contributed by atoms with E-state index in [1.807, 2.05) is 0 Å². The quantitative estimate of drug-likeness (QED) is 0.222. The molecular formula is C18H24O8. The highest BCUT2D eigenvalue weighted by atomic mass is 16.6. The summed E-state index contributed by atoms with van der Waals surface area (Å²) in [5.41, 5.74) is 0.579. The monoisotopic (exact) mass is 368 g/mol. The summed E-state index contributed by atoms with van der Waals surface area (Å²) in [5, 5.41) is 0. The van der Waals surface area contributed by atoms with Crippen LogP contribution in [0.3, 0.4) is 0 Å². The Bertz CT molecular complexity index is 524. The molecule has 0 aliphatic heterocycles. The topological polar surface area (TPSA) is 105 Å². The van der Waals surface area contributed by atoms with Gasteiger partial charge < -0.3 is 18.9 Å². The van der Waals surface area contributed by atoms with Crippen molar-refractivity contribution in [3.63, 3.8) is 0 Å². The first-order valence-electron chi connectivity index (χ1n) is 7.91. The maximum atomic E-state index is 11.4. The van der Waals surface area contributed by atoms with Gasteiger partial charge >= 0.3 is 23.9 Å². The van der Waals surface area contributed by atoms with Gasteiger partial charge in [0.25, 0.3) is 0 Å². The number of carbonyl (C=O) groups is 4. The van der Waals surface area contributed by atoms with E-state index >= 15 is 0 Å². The molecule has 0 aliphatic rings. The Balaban J connectivity index is 3.74. The largest absolute Gasteiger partial charge is 0.462 e. The van der Waals surface area contributed by atoms with Crippen molar-refractivity contribution in [3.05, 3.63) is 36.5 Å². The van der Waals surface area contributed by atoms with Gasteiger partial charge in [0.2, 0.25) is 0 Å². The lowest BCUT2D eigenvalue weighted by molar-refractivity contribution is -0.143. The number of hydrogen-bond donors (Lipinski definition) is 0. The molecule has 0 aliphatic carbocycles. The number of hydrogen-bond acceptors (Lipinski definition) is 8. The minimum Gasteiger partial charge on any atom is -0.462 e. The maximum Gasteiger partial charge on any atom is 0.333 e. The molecule has 0 spiro atoms. The smallest absolute Gasteiger partial charge is 0.333 e. The van der Waals surface area contributed by atoms with Crippen LogP contribution in [0.5, 0.6) is 0 Å². The van der Waals surface area contributed by atoms with Crippen LogP contribution in [0.25, 0.3) is 0 Å². The third-order valence-corrected chi connectivity index (χ3v) is 2.58. The lowest BCUT2D eigenvalue weighted by atomic mass is 10.4. The second-order valence-electron chi connectivity index (χ2n) is 5.21. The second-order valence-corrected chi connectivity index (χ2v) is 5.21. The van der Waals surface area contributed by atoms with Gasteiger partial charge in [-0.05, 0) is 13.8 Å². The summed E-state index contributed by atoms with van der Waals surface area (Å²) in [6.07, 6.45) is 2.52. The van der Waals surface area contributed by atoms with Crippen LogP contribution >= 0.6 is 0 Å². The summed E-state index contributed by atoms with van der Waals surface area (Å²) < 4.78 is 19.3. The molecule has 0 saturated heterocycles. The highest BCUT2D eigenvalue weighted by molar-refractivity contribution is 5.91. The average Bonchev–Trinajstić information content (AvgIpc) is 2.58. The van der Waals surface area contributed by atoms with Crippen molar-refractivity contribution in [2.75, 3.05) is 26.4 Å². The fraction of sp³-hybridized carbons (Fsp3) is 0.444. The highest BCUT2D eigenvalue weighted by Crippen LogP contribution is 1.96. The van der Waals surface area contributed by atoms with Crippen molar-refractivity contribution in [2.24, 2.45) is 0 Å². The summed E-state index contributed by atoms with van der Waals surface area (Å²) in [6, 6.07) is 0. The molecule has 0 rings (SSSR count). The average molecular weight is 368 g/mol. The van der Waals surface area contributed by atoms with E-state index in [9.17, 15) is 19.2 Å². The first kappa shape index (κ1) is 23.1. The molecule has 8 nitrogen and oxygen atoms in total. The first-order chi connectivity index (χ1) is 12.2. The Morgan fingerprint density at radius 3 is 1.27 bits per heavy atom. The van der Waals surface area contributed by atoms with Crippen molar-refractivity contribution < 1.29 is 38.1 Å². The normalized spacial score (nSPS) is 10.1. The van der Waals surface area contributed by atoms with Gasteiger partial charge in [0, 0.05) is 36.1 Å². The van der Waals surface area contributed by atoms with E-state index in [0.29, 0.717) is 12.8 Å². The molecule has 0 heterocycles. The summed E-state index contributed by atoms with van der Waals surface area (Å²) in [7, 11) is 0. The van der Waals surface area contributed by atoms with E-state index in [2.05, 4.69) is 13.2 Å². The molecule has 0 radical (unpaired) electrons. The molecule has 0 N–H and O–H groups in total. The Morgan fingerprint density at radius 1 is 0.654 bits per heavy atom. The lowest BCUT2D eigenvalue weighted by Gasteiger charge is -2.05. The molecule has 8 heteroatoms. The molecule has 0 saturated carbocycles. The molecule has 0 aromatic heterocycles. The summed E-state index contributed by atoms with van der Waals surface area (Å²) in [5.74, 6) is -2.45. The van der Waals surface area contributed by atoms with Gasteiger partial charge in [0.1, 0.15) is 0 Å². The zero-order valence-corrected chi connectivity index (χ0v) is 15.1. The van der Waals surface area contributed by atoms with Crippen molar-refractivity contribution in [1.82, 2.24) is 0 Å². The van der Waals surface area contributed by atoms with Gasteiger partial charge in [0.05, 0.1) is 26.4 Å². The van der Waals surface area contributed by atoms with Crippen LogP contribution in [0.4, 0.5) is 0 Å². The fourth-order valence-corrected chi connectivity index (χ4v) is 1.27. The molecule has 0 aromatic rings. The third kappa shape index (κ3) is 12.5. The van der Waals surface area contributed by atoms with Gasteiger partial charge in [-0.15, -0.1) is 0 Å². The van der Waals surface area contributed by atoms with Crippen LogP contribution in [0, 0.1) is 0 Å². The second kappa shape index (κ2) is 13.4. The van der Waals surface area contributed by atoms with Crippen LogP contribution in [0.15, 0.2) is 36.5 Å². The van der Waals surface area contributed by atoms with Crippen LogP contribution in [0.1, 0.15) is 26.7 Å². The summed E-state index contributed by atoms with van der Waals surface area (Å²) >= 11 is 0. The van der Waals surface area contributed by atoms with Crippen LogP contribution in [-0.2, 0) is 38.1 Å². The lowest BCUT2D eigenvalue weighted by Crippen LogP contribution is -2.11. The third-order valence-electron chi connectivity index (χ3n) is 2.58. The van der Waals surface area contributed by atoms with E-state index in [-0.39, 0.29) is 37.6 Å². The van der Waals surface area contributed by atoms with Crippen LogP contribution in [0.2, 0.25) is 0 Å². The number of carbonyl (C=O) groups excluding carboxylic acids is 4. The molecule has 0 unspecified atom stereocenters. The molecule has 144 valence electrons. The Kier molecular flexibility index (Phi) is 11.9. The minimum atomic E-state index is -0.719. The van der Waals surface area contributed by atoms with E-state index in [1.54, 1.807) is 0 Å². The predicted molar refractivity (Wildman–Crippen MR) is 91.8 cm³/mol. The molecule has 0 fully saturated rings. The predicted octanol–water partition coefficient (Wildman–Crippen LogP) is 1.65. The van der Waals surface area contributed by atoms with Crippen LogP contribution < -0.4 is 0 Å². The zero-order chi connectivity index (χ0) is 19.9. The molecule has 0 bridgehead atoms. The number of esters is 4. The van der Waals surface area contributed by atoms with Gasteiger partial charge in [-0.3, -0.25) is 0 Å². The summed E-state index contributed by atoms with van der Waals surface area (Å²) in [6.45, 7) is 10.2. The fourth-order valence-electron chi connectivity index (χ4n) is 1.27. The summed E-state index contributed by atoms with van der Waals surface area (Å²) in [4.78, 5) is 44.9. The van der Waals surface area contributed by atoms with E-state index in [1.165, 1.54) is 13.8 Å². The van der Waals surface area contributed by atoms with E-state index < -0.39 is 23.9 Å². The highest BCUT2D eigenvalue weighted by Gasteiger charge is 2.05.